The second-order valence-corrected chi connectivity index (χ2v) is 9.15. The van der Waals surface area contributed by atoms with Crippen LogP contribution in [-0.4, -0.2) is 42.2 Å². The lowest BCUT2D eigenvalue weighted by molar-refractivity contribution is -0.247. The van der Waals surface area contributed by atoms with Crippen LogP contribution >= 0.6 is 11.6 Å². The predicted octanol–water partition coefficient (Wildman–Crippen LogP) is 3.03. The molecule has 2 aromatic rings. The second kappa shape index (κ2) is 6.64. The summed E-state index contributed by atoms with van der Waals surface area (Å²) in [6.07, 6.45) is 1.13. The highest BCUT2D eigenvalue weighted by Crippen LogP contribution is 2.62. The fourth-order valence-electron chi connectivity index (χ4n) is 4.83. The molecule has 0 radical (unpaired) electrons. The molecule has 2 N–H and O–H groups in total. The number of benzene rings is 1. The number of amidine groups is 1. The molecule has 5 rings (SSSR count). The van der Waals surface area contributed by atoms with E-state index in [4.69, 9.17) is 36.5 Å². The number of nitrogens with two attached hydrogens (primary N) is 1. The lowest BCUT2D eigenvalue weighted by Gasteiger charge is -2.61. The molecule has 4 heterocycles. The largest absolute Gasteiger partial charge is 0.487 e. The Hall–Kier alpha value is -2.71. The van der Waals surface area contributed by atoms with Gasteiger partial charge in [-0.25, -0.2) is 9.98 Å². The molecule has 1 aromatic heterocycles. The SMILES string of the molecule is CC1(C)Oc2ccc(CC(=O)c3cc(Cl)cnc3F)cc2C2(COC(N)=N2)C12COC2. The van der Waals surface area contributed by atoms with Crippen molar-refractivity contribution in [3.05, 3.63) is 58.1 Å². The monoisotopic (exact) mass is 445 g/mol. The summed E-state index contributed by atoms with van der Waals surface area (Å²) in [6, 6.07) is 6.86. The molecule has 7 nitrogen and oxygen atoms in total. The number of aliphatic imine (C=N–C) groups is 1. The fraction of sp³-hybridized carbons (Fsp3) is 0.409. The van der Waals surface area contributed by atoms with E-state index in [1.807, 2.05) is 26.0 Å². The third-order valence-electron chi connectivity index (χ3n) is 6.70. The van der Waals surface area contributed by atoms with Crippen LogP contribution in [0.4, 0.5) is 4.39 Å². The number of hydrogen-bond acceptors (Lipinski definition) is 7. The number of halogens is 2. The first kappa shape index (κ1) is 20.2. The Balaban J connectivity index is 1.57. The van der Waals surface area contributed by atoms with Gasteiger partial charge in [-0.05, 0) is 37.6 Å². The standard InChI is InChI=1S/C22H21ClFN3O4/c1-20(2)21(9-29-10-21)22(11-30-19(25)27-22)15-5-12(3-4-17(15)31-20)6-16(28)14-7-13(23)8-26-18(14)24/h3-5,7-8H,6,9-11H2,1-2H3,(H2,25,27). The Bertz CT molecular complexity index is 1130. The van der Waals surface area contributed by atoms with Crippen molar-refractivity contribution in [1.29, 1.82) is 0 Å². The number of ketones is 1. The van der Waals surface area contributed by atoms with Crippen molar-refractivity contribution in [2.24, 2.45) is 16.1 Å². The van der Waals surface area contributed by atoms with Gasteiger partial charge in [0, 0.05) is 18.2 Å². The maximum absolute atomic E-state index is 14.0. The number of hydrogen-bond donors (Lipinski definition) is 1. The van der Waals surface area contributed by atoms with E-state index in [-0.39, 0.29) is 29.6 Å². The summed E-state index contributed by atoms with van der Waals surface area (Å²) in [6.45, 7) is 5.17. The topological polar surface area (TPSA) is 96.0 Å². The van der Waals surface area contributed by atoms with Gasteiger partial charge in [0.1, 0.15) is 23.5 Å². The first-order valence-electron chi connectivity index (χ1n) is 9.90. The van der Waals surface area contributed by atoms with Gasteiger partial charge in [-0.2, -0.15) is 4.39 Å². The van der Waals surface area contributed by atoms with Crippen LogP contribution in [0.5, 0.6) is 5.75 Å². The van der Waals surface area contributed by atoms with E-state index in [0.29, 0.717) is 24.5 Å². The number of Topliss-reactive ketones (excluding diaryl/α,β-unsaturated/α-hetero) is 1. The smallest absolute Gasteiger partial charge is 0.283 e. The molecule has 9 heteroatoms. The summed E-state index contributed by atoms with van der Waals surface area (Å²) in [5.74, 6) is -0.622. The molecule has 1 saturated heterocycles. The number of pyridine rings is 1. The Morgan fingerprint density at radius 3 is 2.68 bits per heavy atom. The average molecular weight is 446 g/mol. The van der Waals surface area contributed by atoms with E-state index >= 15 is 0 Å². The van der Waals surface area contributed by atoms with Crippen LogP contribution in [0.2, 0.25) is 5.02 Å². The molecule has 31 heavy (non-hydrogen) atoms. The summed E-state index contributed by atoms with van der Waals surface area (Å²) >= 11 is 5.88. The zero-order valence-electron chi connectivity index (χ0n) is 17.1. The lowest BCUT2D eigenvalue weighted by Crippen LogP contribution is -2.71. The van der Waals surface area contributed by atoms with Gasteiger partial charge in [0.15, 0.2) is 5.78 Å². The third-order valence-corrected chi connectivity index (χ3v) is 6.90. The Kier molecular flexibility index (Phi) is 4.33. The molecule has 1 atom stereocenters. The van der Waals surface area contributed by atoms with Crippen molar-refractivity contribution in [2.75, 3.05) is 19.8 Å². The summed E-state index contributed by atoms with van der Waals surface area (Å²) in [4.78, 5) is 21.0. The number of carbonyl (C=O) groups excluding carboxylic acids is 1. The van der Waals surface area contributed by atoms with E-state index < -0.39 is 28.3 Å². The van der Waals surface area contributed by atoms with Crippen LogP contribution < -0.4 is 10.5 Å². The Morgan fingerprint density at radius 2 is 2.03 bits per heavy atom. The van der Waals surface area contributed by atoms with Crippen LogP contribution in [-0.2, 0) is 21.4 Å². The maximum atomic E-state index is 14.0. The third kappa shape index (κ3) is 2.78. The minimum atomic E-state index is -0.846. The zero-order chi connectivity index (χ0) is 22.0. The van der Waals surface area contributed by atoms with Crippen LogP contribution in [0.25, 0.3) is 0 Å². The van der Waals surface area contributed by atoms with Crippen molar-refractivity contribution < 1.29 is 23.4 Å². The highest BCUT2D eigenvalue weighted by molar-refractivity contribution is 6.30. The van der Waals surface area contributed by atoms with E-state index in [2.05, 4.69) is 4.98 Å². The molecule has 0 bridgehead atoms. The van der Waals surface area contributed by atoms with Gasteiger partial charge in [0.05, 0.1) is 29.2 Å². The number of carbonyl (C=O) groups is 1. The molecule has 1 fully saturated rings. The van der Waals surface area contributed by atoms with Crippen molar-refractivity contribution >= 4 is 23.4 Å². The van der Waals surface area contributed by atoms with Crippen LogP contribution in [0.15, 0.2) is 35.5 Å². The van der Waals surface area contributed by atoms with Crippen molar-refractivity contribution in [2.45, 2.75) is 31.4 Å². The van der Waals surface area contributed by atoms with E-state index in [1.54, 1.807) is 6.07 Å². The van der Waals surface area contributed by atoms with Gasteiger partial charge in [0.2, 0.25) is 5.95 Å². The van der Waals surface area contributed by atoms with Gasteiger partial charge in [-0.1, -0.05) is 17.7 Å². The maximum Gasteiger partial charge on any atom is 0.283 e. The highest BCUT2D eigenvalue weighted by Gasteiger charge is 2.71. The number of ether oxygens (including phenoxy) is 3. The minimum Gasteiger partial charge on any atom is -0.487 e. The summed E-state index contributed by atoms with van der Waals surface area (Å²) in [7, 11) is 0. The molecule has 0 saturated carbocycles. The highest BCUT2D eigenvalue weighted by atomic mass is 35.5. The molecular weight excluding hydrogens is 425 g/mol. The first-order chi connectivity index (χ1) is 14.7. The molecule has 3 aliphatic heterocycles. The van der Waals surface area contributed by atoms with Crippen LogP contribution in [0.3, 0.4) is 0 Å². The summed E-state index contributed by atoms with van der Waals surface area (Å²) in [5, 5.41) is 0.199. The molecular formula is C22H21ClFN3O4. The number of aromatic nitrogens is 1. The van der Waals surface area contributed by atoms with Crippen molar-refractivity contribution in [3.63, 3.8) is 0 Å². The summed E-state index contributed by atoms with van der Waals surface area (Å²) < 4.78 is 31.6. The first-order valence-corrected chi connectivity index (χ1v) is 10.3. The van der Waals surface area contributed by atoms with E-state index in [0.717, 1.165) is 11.8 Å². The Labute approximate surface area is 183 Å². The Morgan fingerprint density at radius 1 is 1.26 bits per heavy atom. The van der Waals surface area contributed by atoms with Crippen molar-refractivity contribution in [1.82, 2.24) is 4.98 Å². The minimum absolute atomic E-state index is 0.0325. The quantitative estimate of drug-likeness (QED) is 0.576. The fourth-order valence-corrected chi connectivity index (χ4v) is 4.99. The van der Waals surface area contributed by atoms with Gasteiger partial charge in [-0.3, -0.25) is 4.79 Å². The van der Waals surface area contributed by atoms with E-state index in [1.165, 1.54) is 6.07 Å². The van der Waals surface area contributed by atoms with Gasteiger partial charge >= 0.3 is 0 Å². The molecule has 162 valence electrons. The molecule has 0 amide bonds. The molecule has 2 spiro atoms. The number of rotatable bonds is 3. The van der Waals surface area contributed by atoms with Crippen LogP contribution in [0, 0.1) is 11.4 Å². The molecule has 1 unspecified atom stereocenters. The number of fused-ring (bicyclic) bond motifs is 3. The molecule has 3 aliphatic rings. The normalized spacial score (nSPS) is 24.7. The lowest BCUT2D eigenvalue weighted by atomic mass is 9.55. The van der Waals surface area contributed by atoms with Crippen LogP contribution in [0.1, 0.15) is 35.3 Å². The molecule has 1 aromatic carbocycles. The summed E-state index contributed by atoms with van der Waals surface area (Å²) in [5.41, 5.74) is 5.41. The molecule has 0 aliphatic carbocycles. The van der Waals surface area contributed by atoms with Crippen molar-refractivity contribution in [3.8, 4) is 5.75 Å². The number of nitrogens with zero attached hydrogens (tertiary/aromatic N) is 2. The van der Waals surface area contributed by atoms with Gasteiger partial charge < -0.3 is 19.9 Å². The zero-order valence-corrected chi connectivity index (χ0v) is 17.8. The average Bonchev–Trinajstić information content (AvgIpc) is 3.05. The van der Waals surface area contributed by atoms with Gasteiger partial charge in [0.25, 0.3) is 6.02 Å². The van der Waals surface area contributed by atoms with Gasteiger partial charge in [-0.15, -0.1) is 0 Å². The van der Waals surface area contributed by atoms with E-state index in [9.17, 15) is 9.18 Å². The predicted molar refractivity (Wildman–Crippen MR) is 111 cm³/mol. The second-order valence-electron chi connectivity index (χ2n) is 8.71.